The lowest BCUT2D eigenvalue weighted by molar-refractivity contribution is 0.150. The minimum Gasteiger partial charge on any atom is -0.367 e. The predicted molar refractivity (Wildman–Crippen MR) is 122 cm³/mol. The summed E-state index contributed by atoms with van der Waals surface area (Å²) in [5, 5.41) is 6.48. The Morgan fingerprint density at radius 3 is 2.56 bits per heavy atom. The van der Waals surface area contributed by atoms with Gasteiger partial charge in [-0.25, -0.2) is 35.3 Å². The third-order valence-corrected chi connectivity index (χ3v) is 10.3. The van der Waals surface area contributed by atoms with Crippen molar-refractivity contribution in [3.8, 4) is 10.7 Å². The highest BCUT2D eigenvalue weighted by atomic mass is 32.2. The normalized spacial score (nSPS) is 20.5. The van der Waals surface area contributed by atoms with E-state index in [0.29, 0.717) is 41.3 Å². The maximum atomic E-state index is 13.2. The van der Waals surface area contributed by atoms with Crippen LogP contribution in [0.4, 0.5) is 14.5 Å². The molecule has 0 radical (unpaired) electrons. The van der Waals surface area contributed by atoms with Gasteiger partial charge in [0.25, 0.3) is 6.43 Å². The highest BCUT2D eigenvalue weighted by Crippen LogP contribution is 2.38. The van der Waals surface area contributed by atoms with Gasteiger partial charge in [-0.1, -0.05) is 11.3 Å². The van der Waals surface area contributed by atoms with Crippen LogP contribution in [0.1, 0.15) is 37.6 Å². The van der Waals surface area contributed by atoms with E-state index in [4.69, 9.17) is 0 Å². The van der Waals surface area contributed by atoms with Gasteiger partial charge in [-0.2, -0.15) is 0 Å². The van der Waals surface area contributed by atoms with Gasteiger partial charge in [0, 0.05) is 31.1 Å². The van der Waals surface area contributed by atoms with Crippen molar-refractivity contribution in [2.75, 3.05) is 24.2 Å². The molecule has 0 aromatic carbocycles. The van der Waals surface area contributed by atoms with Crippen LogP contribution in [0.2, 0.25) is 0 Å². The topological polar surface area (TPSA) is 127 Å². The third kappa shape index (κ3) is 4.29. The quantitative estimate of drug-likeness (QED) is 0.491. The van der Waals surface area contributed by atoms with E-state index in [-0.39, 0.29) is 16.4 Å². The molecule has 5 rings (SSSR count). The Morgan fingerprint density at radius 2 is 1.97 bits per heavy atom. The second-order valence-electron chi connectivity index (χ2n) is 9.00. The van der Waals surface area contributed by atoms with Gasteiger partial charge in [0.15, 0.2) is 25.5 Å². The van der Waals surface area contributed by atoms with Crippen LogP contribution in [0.25, 0.3) is 16.3 Å². The number of sulfonamides is 1. The molecule has 0 bridgehead atoms. The zero-order chi connectivity index (χ0) is 24.5. The van der Waals surface area contributed by atoms with Gasteiger partial charge in [-0.3, -0.25) is 4.40 Å². The summed E-state index contributed by atoms with van der Waals surface area (Å²) < 4.78 is 80.9. The Kier molecular flexibility index (Phi) is 5.46. The minimum absolute atomic E-state index is 0.0382. The van der Waals surface area contributed by atoms with Crippen LogP contribution in [0.3, 0.4) is 0 Å². The van der Waals surface area contributed by atoms with E-state index in [1.807, 2.05) is 6.92 Å². The first-order valence-electron chi connectivity index (χ1n) is 10.5. The number of imidazole rings is 1. The second-order valence-corrected chi connectivity index (χ2v) is 14.0. The molecule has 10 nitrogen and oxygen atoms in total. The number of sulfone groups is 1. The van der Waals surface area contributed by atoms with Crippen LogP contribution in [0.5, 0.6) is 0 Å². The predicted octanol–water partition coefficient (Wildman–Crippen LogP) is 2.24. The molecule has 1 atom stereocenters. The lowest BCUT2D eigenvalue weighted by atomic mass is 10.3. The average Bonchev–Trinajstić information content (AvgIpc) is 3.22. The van der Waals surface area contributed by atoms with E-state index in [0.717, 1.165) is 12.8 Å². The molecule has 1 aliphatic carbocycles. The van der Waals surface area contributed by atoms with Crippen molar-refractivity contribution in [2.24, 2.45) is 0 Å². The monoisotopic (exact) mass is 532 g/mol. The number of anilines is 1. The molecular weight excluding hydrogens is 510 g/mol. The van der Waals surface area contributed by atoms with Gasteiger partial charge in [0.2, 0.25) is 10.0 Å². The Balaban J connectivity index is 1.65. The number of alkyl halides is 2. The van der Waals surface area contributed by atoms with E-state index >= 15 is 0 Å². The molecule has 3 aromatic heterocycles. The van der Waals surface area contributed by atoms with Crippen molar-refractivity contribution >= 4 is 42.5 Å². The number of pyridine rings is 1. The summed E-state index contributed by atoms with van der Waals surface area (Å²) in [6.45, 7) is 2.41. The summed E-state index contributed by atoms with van der Waals surface area (Å²) >= 11 is 0.698. The van der Waals surface area contributed by atoms with Gasteiger partial charge in [-0.15, -0.1) is 10.2 Å². The van der Waals surface area contributed by atoms with Crippen molar-refractivity contribution in [3.05, 3.63) is 23.5 Å². The lowest BCUT2D eigenvalue weighted by Crippen LogP contribution is -2.34. The van der Waals surface area contributed by atoms with Crippen LogP contribution in [0.15, 0.2) is 23.4 Å². The summed E-state index contributed by atoms with van der Waals surface area (Å²) in [6.07, 6.45) is 3.05. The van der Waals surface area contributed by atoms with Crippen LogP contribution < -0.4 is 9.62 Å². The summed E-state index contributed by atoms with van der Waals surface area (Å²) in [7, 11) is -7.20. The number of hydrogen-bond acceptors (Lipinski definition) is 9. The van der Waals surface area contributed by atoms with Crippen LogP contribution in [0, 0.1) is 0 Å². The molecule has 184 valence electrons. The molecule has 0 amide bonds. The molecule has 3 aromatic rings. The van der Waals surface area contributed by atoms with Gasteiger partial charge < -0.3 is 4.90 Å². The highest BCUT2D eigenvalue weighted by molar-refractivity contribution is 7.91. The Morgan fingerprint density at radius 1 is 1.24 bits per heavy atom. The van der Waals surface area contributed by atoms with Crippen LogP contribution in [-0.2, 0) is 19.9 Å². The molecule has 0 spiro atoms. The summed E-state index contributed by atoms with van der Waals surface area (Å²) in [5.74, 6) is 0. The van der Waals surface area contributed by atoms with Crippen molar-refractivity contribution in [2.45, 2.75) is 48.3 Å². The number of nitrogens with one attached hydrogen (secondary N) is 1. The molecule has 2 fully saturated rings. The van der Waals surface area contributed by atoms with Gasteiger partial charge in [0.05, 0.1) is 17.1 Å². The SMILES string of the molecule is CC1(NS(=O)(=O)c2cc(N3CC[C@H](S(C)(=O)=O)C3)c3ncc(-c4nnc(C(F)F)s4)n3c2)CC1. The molecule has 15 heteroatoms. The van der Waals surface area contributed by atoms with Crippen LogP contribution >= 0.6 is 11.3 Å². The number of aromatic nitrogens is 4. The van der Waals surface area contributed by atoms with E-state index in [9.17, 15) is 25.6 Å². The summed E-state index contributed by atoms with van der Waals surface area (Å²) in [6, 6.07) is 1.48. The zero-order valence-electron chi connectivity index (χ0n) is 18.3. The number of nitrogens with zero attached hydrogens (tertiary/aromatic N) is 5. The maximum Gasteiger partial charge on any atom is 0.291 e. The zero-order valence-corrected chi connectivity index (χ0v) is 20.7. The Bertz CT molecular complexity index is 1480. The molecule has 4 heterocycles. The smallest absolute Gasteiger partial charge is 0.291 e. The Labute approximate surface area is 199 Å². The highest BCUT2D eigenvalue weighted by Gasteiger charge is 2.42. The van der Waals surface area contributed by atoms with Gasteiger partial charge >= 0.3 is 0 Å². The number of hydrogen-bond donors (Lipinski definition) is 1. The minimum atomic E-state index is -3.92. The van der Waals surface area contributed by atoms with E-state index in [1.54, 1.807) is 4.90 Å². The maximum absolute atomic E-state index is 13.2. The fourth-order valence-corrected chi connectivity index (χ4v) is 7.15. The first-order valence-corrected chi connectivity index (χ1v) is 14.7. The van der Waals surface area contributed by atoms with Crippen LogP contribution in [-0.4, -0.2) is 66.6 Å². The number of halogens is 2. The summed E-state index contributed by atoms with van der Waals surface area (Å²) in [5.41, 5.74) is 0.620. The molecule has 1 N–H and O–H groups in total. The molecule has 2 aliphatic rings. The van der Waals surface area contributed by atoms with Crippen molar-refractivity contribution < 1.29 is 25.6 Å². The van der Waals surface area contributed by atoms with Gasteiger partial charge in [0.1, 0.15) is 10.6 Å². The summed E-state index contributed by atoms with van der Waals surface area (Å²) in [4.78, 5) is 6.15. The lowest BCUT2D eigenvalue weighted by Gasteiger charge is -2.21. The molecular formula is C19H22F2N6O4S3. The van der Waals surface area contributed by atoms with Crippen molar-refractivity contribution in [3.63, 3.8) is 0 Å². The molecule has 0 unspecified atom stereocenters. The first-order chi connectivity index (χ1) is 15.9. The first kappa shape index (κ1) is 23.5. The molecule has 1 saturated carbocycles. The number of rotatable bonds is 7. The molecule has 1 aliphatic heterocycles. The van der Waals surface area contributed by atoms with E-state index in [2.05, 4.69) is 19.9 Å². The standard InChI is InChI=1S/C19H22F2N6O4S3/c1-19(4-5-19)25-34(30,31)12-7-13(26-6-3-11(9-26)33(2,28)29)16-22-8-14(27(16)10-12)17-23-24-18(32-17)15(20)21/h7-8,10-11,15,25H,3-6,9H2,1-2H3/t11-/m0/s1. The fraction of sp³-hybridized carbons (Fsp3) is 0.526. The second kappa shape index (κ2) is 7.90. The molecule has 34 heavy (non-hydrogen) atoms. The van der Waals surface area contributed by atoms with Crippen molar-refractivity contribution in [1.29, 1.82) is 0 Å². The fourth-order valence-electron chi connectivity index (χ4n) is 3.98. The average molecular weight is 533 g/mol. The van der Waals surface area contributed by atoms with Crippen molar-refractivity contribution in [1.82, 2.24) is 24.3 Å². The largest absolute Gasteiger partial charge is 0.367 e. The van der Waals surface area contributed by atoms with E-state index < -0.39 is 42.1 Å². The molecule has 1 saturated heterocycles. The van der Waals surface area contributed by atoms with E-state index in [1.165, 1.54) is 29.1 Å². The Hall–Kier alpha value is -2.23. The van der Waals surface area contributed by atoms with Gasteiger partial charge in [-0.05, 0) is 32.3 Å². The third-order valence-electron chi connectivity index (χ3n) is 6.19. The number of fused-ring (bicyclic) bond motifs is 1.